The molecule has 0 spiro atoms. The number of aliphatic hydroxyl groups excluding tert-OH is 1. The molecule has 6 N–H and O–H groups in total. The minimum Gasteiger partial charge on any atom is -0.393 e. The number of alkyl halides is 2. The fourth-order valence-electron chi connectivity index (χ4n) is 9.27. The number of hydrogen-bond donors (Lipinski definition) is 5. The Morgan fingerprint density at radius 3 is 2.38 bits per heavy atom. The molecule has 0 unspecified atom stereocenters. The van der Waals surface area contributed by atoms with Crippen LogP contribution in [-0.4, -0.2) is 98.6 Å². The number of fused-ring (bicyclic) bond motifs is 2. The molecule has 4 fully saturated rings. The summed E-state index contributed by atoms with van der Waals surface area (Å²) in [5, 5.41) is 16.8. The number of aromatic amines is 1. The number of amides is 5. The predicted octanol–water partition coefficient (Wildman–Crippen LogP) is 4.20. The van der Waals surface area contributed by atoms with Crippen LogP contribution < -0.4 is 16.4 Å². The van der Waals surface area contributed by atoms with E-state index in [0.717, 1.165) is 58.3 Å². The van der Waals surface area contributed by atoms with Gasteiger partial charge in [0, 0.05) is 61.3 Å². The Morgan fingerprint density at radius 1 is 0.964 bits per heavy atom. The predicted molar refractivity (Wildman–Crippen MR) is 203 cm³/mol. The second kappa shape index (κ2) is 17.8. The van der Waals surface area contributed by atoms with Crippen LogP contribution in [0.5, 0.6) is 0 Å². The lowest BCUT2D eigenvalue weighted by Crippen LogP contribution is -2.58. The van der Waals surface area contributed by atoms with Crippen LogP contribution in [0.3, 0.4) is 0 Å². The maximum Gasteiger partial charge on any atom is 0.270 e. The van der Waals surface area contributed by atoms with Gasteiger partial charge < -0.3 is 36.3 Å². The van der Waals surface area contributed by atoms with E-state index >= 15 is 0 Å². The van der Waals surface area contributed by atoms with E-state index in [1.165, 1.54) is 29.2 Å². The Kier molecular flexibility index (Phi) is 13.1. The standard InChI is InChI=1S/C41H56F2N6O7/c1-41(42,43)26-10-13-30-25(20-26)21-33(45-30)37(53)47-32-14-12-28(50)22-27-11-16-34(49(27)40(32)56)38(54)46-31(15-17-36(44)52)35(51)23-29(24-8-4-2-5-9-24)39(55)48-18-6-3-7-19-48/h10,13,20-21,24,27-29,31-32,34,45,50H,2-9,11-12,14-19,22-23H2,1H3,(H2,44,52)(H,46,54)(H,47,53)/t27-,28+,29+,31+,32+,34+/m1/s1. The van der Waals surface area contributed by atoms with E-state index < -0.39 is 65.7 Å². The Hall–Kier alpha value is -4.40. The lowest BCUT2D eigenvalue weighted by Gasteiger charge is -2.37. The first-order chi connectivity index (χ1) is 26.7. The number of hydrogen-bond acceptors (Lipinski definition) is 7. The molecule has 6 rings (SSSR count). The fourth-order valence-corrected chi connectivity index (χ4v) is 9.27. The van der Waals surface area contributed by atoms with Crippen LogP contribution in [0.4, 0.5) is 8.78 Å². The number of likely N-dealkylation sites (tertiary alicyclic amines) is 1. The zero-order valence-corrected chi connectivity index (χ0v) is 32.2. The summed E-state index contributed by atoms with van der Waals surface area (Å²) in [5.74, 6) is -6.35. The van der Waals surface area contributed by atoms with E-state index in [2.05, 4.69) is 15.6 Å². The molecule has 15 heteroatoms. The van der Waals surface area contributed by atoms with Gasteiger partial charge in [0.1, 0.15) is 17.8 Å². The van der Waals surface area contributed by atoms with Gasteiger partial charge in [-0.3, -0.25) is 28.8 Å². The van der Waals surface area contributed by atoms with Gasteiger partial charge in [0.2, 0.25) is 23.6 Å². The van der Waals surface area contributed by atoms with Crippen molar-refractivity contribution in [1.29, 1.82) is 0 Å². The van der Waals surface area contributed by atoms with Gasteiger partial charge in [-0.15, -0.1) is 0 Å². The van der Waals surface area contributed by atoms with E-state index in [1.54, 1.807) is 0 Å². The van der Waals surface area contributed by atoms with Crippen LogP contribution in [0.2, 0.25) is 0 Å². The minimum atomic E-state index is -3.08. The van der Waals surface area contributed by atoms with Crippen molar-refractivity contribution >= 4 is 46.2 Å². The molecule has 306 valence electrons. The lowest BCUT2D eigenvalue weighted by molar-refractivity contribution is -0.145. The summed E-state index contributed by atoms with van der Waals surface area (Å²) < 4.78 is 27.9. The molecule has 1 saturated carbocycles. The van der Waals surface area contributed by atoms with Gasteiger partial charge in [0.25, 0.3) is 11.8 Å². The Labute approximate surface area is 325 Å². The molecule has 4 aliphatic rings. The Morgan fingerprint density at radius 2 is 1.68 bits per heavy atom. The van der Waals surface area contributed by atoms with Crippen LogP contribution in [0.1, 0.15) is 126 Å². The van der Waals surface area contributed by atoms with Gasteiger partial charge in [-0.05, 0) is 94.7 Å². The first-order valence-corrected chi connectivity index (χ1v) is 20.4. The highest BCUT2D eigenvalue weighted by atomic mass is 19.3. The summed E-state index contributed by atoms with van der Waals surface area (Å²) in [4.78, 5) is 88.0. The number of Topliss-reactive ketones (excluding diaryl/α,β-unsaturated/α-hetero) is 1. The van der Waals surface area contributed by atoms with Gasteiger partial charge in [0.15, 0.2) is 5.78 Å². The number of rotatable bonds is 13. The van der Waals surface area contributed by atoms with Crippen LogP contribution in [0, 0.1) is 11.8 Å². The molecule has 56 heavy (non-hydrogen) atoms. The number of benzene rings is 1. The monoisotopic (exact) mass is 782 g/mol. The number of nitrogens with two attached hydrogens (primary N) is 1. The van der Waals surface area contributed by atoms with Gasteiger partial charge in [-0.2, -0.15) is 0 Å². The number of piperidine rings is 1. The van der Waals surface area contributed by atoms with Crippen molar-refractivity contribution in [2.75, 3.05) is 13.1 Å². The van der Waals surface area contributed by atoms with E-state index in [4.69, 9.17) is 5.73 Å². The van der Waals surface area contributed by atoms with Crippen molar-refractivity contribution in [2.24, 2.45) is 17.6 Å². The number of aliphatic hydroxyl groups is 1. The zero-order valence-electron chi connectivity index (χ0n) is 32.2. The van der Waals surface area contributed by atoms with Crippen molar-refractivity contribution in [3.05, 3.63) is 35.5 Å². The molecule has 1 aliphatic carbocycles. The van der Waals surface area contributed by atoms with E-state index in [-0.39, 0.29) is 73.8 Å². The maximum atomic E-state index is 14.3. The normalized spacial score (nSPS) is 24.8. The van der Waals surface area contributed by atoms with Gasteiger partial charge >= 0.3 is 0 Å². The molecular weight excluding hydrogens is 726 g/mol. The van der Waals surface area contributed by atoms with E-state index in [9.17, 15) is 42.7 Å². The summed E-state index contributed by atoms with van der Waals surface area (Å²) in [6, 6.07) is 1.70. The fraction of sp³-hybridized carbons (Fsp3) is 0.659. The Balaban J connectivity index is 1.18. The molecule has 4 heterocycles. The third kappa shape index (κ3) is 9.75. The molecule has 2 aromatic rings. The van der Waals surface area contributed by atoms with Gasteiger partial charge in [-0.25, -0.2) is 8.78 Å². The van der Waals surface area contributed by atoms with Crippen LogP contribution in [-0.2, 0) is 29.9 Å². The average Bonchev–Trinajstić information content (AvgIpc) is 3.80. The molecular formula is C41H56F2N6O7. The molecule has 13 nitrogen and oxygen atoms in total. The molecule has 1 aromatic carbocycles. The van der Waals surface area contributed by atoms with Gasteiger partial charge in [0.05, 0.1) is 12.1 Å². The highest BCUT2D eigenvalue weighted by Crippen LogP contribution is 2.36. The molecule has 3 saturated heterocycles. The lowest BCUT2D eigenvalue weighted by atomic mass is 9.76. The average molecular weight is 783 g/mol. The Bertz CT molecular complexity index is 1780. The summed E-state index contributed by atoms with van der Waals surface area (Å²) >= 11 is 0. The number of primary amides is 1. The van der Waals surface area contributed by atoms with Crippen molar-refractivity contribution in [2.45, 2.75) is 146 Å². The van der Waals surface area contributed by atoms with Crippen LogP contribution >= 0.6 is 0 Å². The first kappa shape index (κ1) is 41.2. The first-order valence-electron chi connectivity index (χ1n) is 20.4. The van der Waals surface area contributed by atoms with Crippen molar-refractivity contribution in [3.63, 3.8) is 0 Å². The molecule has 6 atom stereocenters. The number of nitrogens with zero attached hydrogens (tertiary/aromatic N) is 2. The quantitative estimate of drug-likeness (QED) is 0.201. The van der Waals surface area contributed by atoms with Gasteiger partial charge in [-0.1, -0.05) is 25.3 Å². The van der Waals surface area contributed by atoms with E-state index in [1.807, 2.05) is 4.90 Å². The SMILES string of the molecule is CC(F)(F)c1ccc2[nH]c(C(=O)N[C@H]3CC[C@H](O)C[C@H]4CC[C@@H](C(=O)N[C@@H](CCC(N)=O)C(=O)C[C@H](C(=O)N5CCCCC5)C5CCCCC5)N4C3=O)cc2c1. The second-order valence-corrected chi connectivity index (χ2v) is 16.5. The number of nitrogens with one attached hydrogen (secondary N) is 3. The maximum absolute atomic E-state index is 14.3. The highest BCUT2D eigenvalue weighted by molar-refractivity contribution is 6.01. The summed E-state index contributed by atoms with van der Waals surface area (Å²) in [6.45, 7) is 2.10. The number of carbonyl (C=O) groups excluding carboxylic acids is 6. The molecule has 0 bridgehead atoms. The summed E-state index contributed by atoms with van der Waals surface area (Å²) in [6.07, 6.45) is 7.71. The van der Waals surface area contributed by atoms with E-state index in [0.29, 0.717) is 30.4 Å². The van der Waals surface area contributed by atoms with Crippen molar-refractivity contribution in [3.8, 4) is 0 Å². The summed E-state index contributed by atoms with van der Waals surface area (Å²) in [7, 11) is 0. The third-order valence-corrected chi connectivity index (χ3v) is 12.4. The number of H-pyrrole nitrogens is 1. The van der Waals surface area contributed by atoms with Crippen LogP contribution in [0.15, 0.2) is 24.3 Å². The minimum absolute atomic E-state index is 0.0267. The topological polar surface area (TPSA) is 195 Å². The molecule has 0 radical (unpaired) electrons. The molecule has 3 aliphatic heterocycles. The van der Waals surface area contributed by atoms with Crippen molar-refractivity contribution < 1.29 is 42.7 Å². The van der Waals surface area contributed by atoms with Crippen molar-refractivity contribution in [1.82, 2.24) is 25.4 Å². The molecule has 1 aromatic heterocycles. The molecule has 5 amide bonds. The largest absolute Gasteiger partial charge is 0.393 e. The highest BCUT2D eigenvalue weighted by Gasteiger charge is 2.46. The number of halogens is 2. The van der Waals surface area contributed by atoms with Crippen LogP contribution in [0.25, 0.3) is 10.9 Å². The number of carbonyl (C=O) groups is 6. The number of aromatic nitrogens is 1. The zero-order chi connectivity index (χ0) is 40.1. The number of ketones is 1. The summed E-state index contributed by atoms with van der Waals surface area (Å²) in [5.41, 5.74) is 5.79. The smallest absolute Gasteiger partial charge is 0.270 e. The second-order valence-electron chi connectivity index (χ2n) is 16.5. The third-order valence-electron chi connectivity index (χ3n) is 12.4.